The molecule has 3 rings (SSSR count). The first kappa shape index (κ1) is 13.1. The molecule has 2 aromatic rings. The van der Waals surface area contributed by atoms with E-state index in [9.17, 15) is 4.79 Å². The molecule has 1 amide bonds. The van der Waals surface area contributed by atoms with Gasteiger partial charge in [-0.05, 0) is 6.07 Å². The van der Waals surface area contributed by atoms with Crippen LogP contribution in [0.4, 0.5) is 0 Å². The molecule has 2 N–H and O–H groups in total. The number of hydrogen-bond acceptors (Lipinski definition) is 4. The second-order valence-electron chi connectivity index (χ2n) is 4.67. The molecule has 0 bridgehead atoms. The van der Waals surface area contributed by atoms with E-state index in [1.165, 1.54) is 6.33 Å². The Hall–Kier alpha value is -1.86. The Morgan fingerprint density at radius 3 is 3.05 bits per heavy atom. The van der Waals surface area contributed by atoms with E-state index in [1.807, 2.05) is 0 Å². The average Bonchev–Trinajstić information content (AvgIpc) is 3.17. The molecule has 1 fully saturated rings. The van der Waals surface area contributed by atoms with E-state index >= 15 is 0 Å². The van der Waals surface area contributed by atoms with Gasteiger partial charge in [-0.2, -0.15) is 5.10 Å². The van der Waals surface area contributed by atoms with Gasteiger partial charge in [0.1, 0.15) is 17.8 Å². The molecule has 2 atom stereocenters. The number of nitrogens with one attached hydrogen (secondary N) is 2. The number of halogens is 1. The van der Waals surface area contributed by atoms with Crippen LogP contribution in [-0.4, -0.2) is 50.7 Å². The van der Waals surface area contributed by atoms with Crippen LogP contribution in [0.1, 0.15) is 28.8 Å². The summed E-state index contributed by atoms with van der Waals surface area (Å²) < 4.78 is 5.37. The van der Waals surface area contributed by atoms with Crippen LogP contribution in [0.2, 0.25) is 5.02 Å². The van der Waals surface area contributed by atoms with Crippen molar-refractivity contribution in [2.24, 2.45) is 0 Å². The maximum absolute atomic E-state index is 12.5. The van der Waals surface area contributed by atoms with Crippen molar-refractivity contribution in [2.45, 2.75) is 18.6 Å². The lowest BCUT2D eigenvalue weighted by Gasteiger charge is -2.21. The second-order valence-corrected chi connectivity index (χ2v) is 5.11. The number of likely N-dealkylation sites (tertiary alicyclic amines) is 1. The maximum Gasteiger partial charge on any atom is 0.271 e. The zero-order valence-corrected chi connectivity index (χ0v) is 11.6. The third kappa shape index (κ3) is 2.30. The summed E-state index contributed by atoms with van der Waals surface area (Å²) >= 11 is 5.85. The summed E-state index contributed by atoms with van der Waals surface area (Å²) in [6.45, 7) is 0.511. The number of aromatic amines is 2. The molecule has 0 spiro atoms. The lowest BCUT2D eigenvalue weighted by Crippen LogP contribution is -2.32. The van der Waals surface area contributed by atoms with Crippen molar-refractivity contribution in [2.75, 3.05) is 13.7 Å². The summed E-state index contributed by atoms with van der Waals surface area (Å²) in [5.41, 5.74) is 0.455. The zero-order valence-electron chi connectivity index (χ0n) is 10.8. The molecular weight excluding hydrogens is 282 g/mol. The largest absolute Gasteiger partial charge is 0.380 e. The van der Waals surface area contributed by atoms with E-state index in [0.717, 1.165) is 0 Å². The van der Waals surface area contributed by atoms with Crippen molar-refractivity contribution in [3.05, 3.63) is 35.1 Å². The molecule has 7 nitrogen and oxygen atoms in total. The smallest absolute Gasteiger partial charge is 0.271 e. The summed E-state index contributed by atoms with van der Waals surface area (Å²) in [7, 11) is 1.64. The van der Waals surface area contributed by atoms with E-state index < -0.39 is 0 Å². The first-order chi connectivity index (χ1) is 9.69. The molecular formula is C12H14ClN5O2. The molecule has 3 heterocycles. The van der Waals surface area contributed by atoms with Gasteiger partial charge in [0.15, 0.2) is 0 Å². The van der Waals surface area contributed by atoms with Crippen LogP contribution in [0.3, 0.4) is 0 Å². The van der Waals surface area contributed by atoms with Crippen LogP contribution in [0, 0.1) is 0 Å². The van der Waals surface area contributed by atoms with E-state index in [4.69, 9.17) is 16.3 Å². The molecule has 0 radical (unpaired) electrons. The average molecular weight is 296 g/mol. The summed E-state index contributed by atoms with van der Waals surface area (Å²) in [6, 6.07) is 1.44. The third-order valence-electron chi connectivity index (χ3n) is 3.48. The molecule has 0 unspecified atom stereocenters. The van der Waals surface area contributed by atoms with Crippen LogP contribution in [0.15, 0.2) is 18.6 Å². The molecule has 2 aromatic heterocycles. The fourth-order valence-corrected chi connectivity index (χ4v) is 2.64. The number of ether oxygens (including phenoxy) is 1. The van der Waals surface area contributed by atoms with Crippen molar-refractivity contribution in [3.63, 3.8) is 0 Å². The summed E-state index contributed by atoms with van der Waals surface area (Å²) in [5, 5.41) is 7.17. The van der Waals surface area contributed by atoms with Gasteiger partial charge in [-0.25, -0.2) is 4.98 Å². The lowest BCUT2D eigenvalue weighted by molar-refractivity contribution is 0.0679. The van der Waals surface area contributed by atoms with Crippen LogP contribution in [0.25, 0.3) is 0 Å². The van der Waals surface area contributed by atoms with Crippen molar-refractivity contribution >= 4 is 17.5 Å². The van der Waals surface area contributed by atoms with E-state index in [2.05, 4.69) is 20.2 Å². The Bertz CT molecular complexity index is 597. The second kappa shape index (κ2) is 5.26. The molecule has 106 valence electrons. The van der Waals surface area contributed by atoms with Gasteiger partial charge in [0, 0.05) is 26.3 Å². The van der Waals surface area contributed by atoms with Crippen molar-refractivity contribution in [3.8, 4) is 0 Å². The van der Waals surface area contributed by atoms with E-state index in [1.54, 1.807) is 24.3 Å². The van der Waals surface area contributed by atoms with Crippen LogP contribution >= 0.6 is 11.6 Å². The standard InChI is InChI=1S/C12H14ClN5O2/c1-20-8-3-10(11-15-6-16-17-11)18(5-8)12(19)9-2-7(13)4-14-9/h2,4,6,8,10,14H,3,5H2,1H3,(H,15,16,17)/t8-,10+/m1/s1. The van der Waals surface area contributed by atoms with Crippen LogP contribution < -0.4 is 0 Å². The summed E-state index contributed by atoms with van der Waals surface area (Å²) in [5.74, 6) is 0.536. The van der Waals surface area contributed by atoms with Gasteiger partial charge in [0.2, 0.25) is 0 Å². The van der Waals surface area contributed by atoms with E-state index in [0.29, 0.717) is 29.5 Å². The first-order valence-electron chi connectivity index (χ1n) is 6.22. The molecule has 0 saturated carbocycles. The Morgan fingerprint density at radius 1 is 1.60 bits per heavy atom. The SMILES string of the molecule is CO[C@@H]1C[C@@H](c2ncn[nH]2)N(C(=O)c2cc(Cl)c[nH]2)C1. The number of amides is 1. The van der Waals surface area contributed by atoms with Crippen LogP contribution in [0.5, 0.6) is 0 Å². The Kier molecular flexibility index (Phi) is 3.45. The quantitative estimate of drug-likeness (QED) is 0.896. The highest BCUT2D eigenvalue weighted by Crippen LogP contribution is 2.32. The predicted molar refractivity (Wildman–Crippen MR) is 71.4 cm³/mol. The van der Waals surface area contributed by atoms with Gasteiger partial charge < -0.3 is 14.6 Å². The Morgan fingerprint density at radius 2 is 2.45 bits per heavy atom. The highest BCUT2D eigenvalue weighted by molar-refractivity contribution is 6.30. The lowest BCUT2D eigenvalue weighted by atomic mass is 10.2. The van der Waals surface area contributed by atoms with Crippen molar-refractivity contribution in [1.82, 2.24) is 25.1 Å². The molecule has 1 saturated heterocycles. The summed E-state index contributed by atoms with van der Waals surface area (Å²) in [6.07, 6.45) is 3.69. The molecule has 8 heteroatoms. The number of nitrogens with zero attached hydrogens (tertiary/aromatic N) is 3. The van der Waals surface area contributed by atoms with E-state index in [-0.39, 0.29) is 18.1 Å². The normalized spacial score (nSPS) is 22.4. The number of carbonyl (C=O) groups is 1. The number of methoxy groups -OCH3 is 1. The fraction of sp³-hybridized carbons (Fsp3) is 0.417. The first-order valence-corrected chi connectivity index (χ1v) is 6.59. The molecule has 1 aliphatic rings. The monoisotopic (exact) mass is 295 g/mol. The highest BCUT2D eigenvalue weighted by atomic mass is 35.5. The van der Waals surface area contributed by atoms with Gasteiger partial charge in [0.25, 0.3) is 5.91 Å². The Balaban J connectivity index is 1.87. The van der Waals surface area contributed by atoms with Crippen LogP contribution in [-0.2, 0) is 4.74 Å². The van der Waals surface area contributed by atoms with Gasteiger partial charge in [-0.1, -0.05) is 11.6 Å². The van der Waals surface area contributed by atoms with Crippen molar-refractivity contribution < 1.29 is 9.53 Å². The minimum Gasteiger partial charge on any atom is -0.380 e. The zero-order chi connectivity index (χ0) is 14.1. The number of H-pyrrole nitrogens is 2. The number of hydrogen-bond donors (Lipinski definition) is 2. The van der Waals surface area contributed by atoms with Gasteiger partial charge in [-0.3, -0.25) is 9.89 Å². The minimum atomic E-state index is -0.169. The van der Waals surface area contributed by atoms with Gasteiger partial charge in [0.05, 0.1) is 17.2 Å². The van der Waals surface area contributed by atoms with Crippen molar-refractivity contribution in [1.29, 1.82) is 0 Å². The van der Waals surface area contributed by atoms with Gasteiger partial charge >= 0.3 is 0 Å². The van der Waals surface area contributed by atoms with Gasteiger partial charge in [-0.15, -0.1) is 0 Å². The summed E-state index contributed by atoms with van der Waals surface area (Å²) in [4.78, 5) is 21.3. The Labute approximate surface area is 120 Å². The fourth-order valence-electron chi connectivity index (χ4n) is 2.47. The number of carbonyl (C=O) groups excluding carboxylic acids is 1. The minimum absolute atomic E-state index is 0.0144. The molecule has 1 aliphatic heterocycles. The topological polar surface area (TPSA) is 86.9 Å². The molecule has 20 heavy (non-hydrogen) atoms. The highest BCUT2D eigenvalue weighted by Gasteiger charge is 2.38. The molecule has 0 aromatic carbocycles. The predicted octanol–water partition coefficient (Wildman–Crippen LogP) is 1.39. The molecule has 0 aliphatic carbocycles. The maximum atomic E-state index is 12.5. The number of aromatic nitrogens is 4. The third-order valence-corrected chi connectivity index (χ3v) is 3.70. The number of rotatable bonds is 3.